The van der Waals surface area contributed by atoms with Gasteiger partial charge in [-0.1, -0.05) is 20.3 Å². The number of pyridine rings is 1. The Bertz CT molecular complexity index is 1360. The first-order valence-electron chi connectivity index (χ1n) is 13.1. The van der Waals surface area contributed by atoms with Gasteiger partial charge in [0.1, 0.15) is 11.3 Å². The minimum absolute atomic E-state index is 0.132. The molecule has 0 unspecified atom stereocenters. The summed E-state index contributed by atoms with van der Waals surface area (Å²) in [5.74, 6) is 0.507. The van der Waals surface area contributed by atoms with E-state index in [-0.39, 0.29) is 10.5 Å². The average Bonchev–Trinajstić information content (AvgIpc) is 3.22. The molecule has 0 aliphatic carbocycles. The average molecular weight is 549 g/mol. The summed E-state index contributed by atoms with van der Waals surface area (Å²) in [5, 5.41) is 5.29. The van der Waals surface area contributed by atoms with Gasteiger partial charge in [0, 0.05) is 58.5 Å². The lowest BCUT2D eigenvalue weighted by atomic mass is 10.1. The zero-order valence-corrected chi connectivity index (χ0v) is 23.9. The monoisotopic (exact) mass is 548 g/mol. The van der Waals surface area contributed by atoms with Crippen LogP contribution in [-0.2, 0) is 33.0 Å². The van der Waals surface area contributed by atoms with E-state index in [4.69, 9.17) is 14.2 Å². The van der Waals surface area contributed by atoms with Gasteiger partial charge in [-0.2, -0.15) is 9.40 Å². The molecule has 1 aromatic carbocycles. The van der Waals surface area contributed by atoms with Gasteiger partial charge >= 0.3 is 0 Å². The van der Waals surface area contributed by atoms with Crippen LogP contribution in [0.4, 0.5) is 0 Å². The van der Waals surface area contributed by atoms with Crippen LogP contribution < -0.4 is 10.3 Å². The summed E-state index contributed by atoms with van der Waals surface area (Å²) >= 11 is 0. The van der Waals surface area contributed by atoms with Crippen molar-refractivity contribution in [2.45, 2.75) is 50.8 Å². The minimum atomic E-state index is -3.84. The number of hydrogen-bond acceptors (Lipinski definition) is 7. The van der Waals surface area contributed by atoms with E-state index in [2.05, 4.69) is 17.0 Å². The molecule has 0 aliphatic rings. The van der Waals surface area contributed by atoms with E-state index in [9.17, 15) is 13.2 Å². The number of benzene rings is 1. The van der Waals surface area contributed by atoms with Gasteiger partial charge in [-0.25, -0.2) is 8.42 Å². The van der Waals surface area contributed by atoms with Crippen molar-refractivity contribution >= 4 is 20.9 Å². The molecule has 2 heterocycles. The van der Waals surface area contributed by atoms with Crippen molar-refractivity contribution in [1.29, 1.82) is 0 Å². The first-order valence-corrected chi connectivity index (χ1v) is 14.6. The number of fused-ring (bicyclic) bond motifs is 1. The van der Waals surface area contributed by atoms with Gasteiger partial charge < -0.3 is 19.2 Å². The predicted molar refractivity (Wildman–Crippen MR) is 148 cm³/mol. The molecule has 0 saturated heterocycles. The molecule has 1 N–H and O–H groups in total. The lowest BCUT2D eigenvalue weighted by Crippen LogP contribution is -2.34. The van der Waals surface area contributed by atoms with E-state index in [1.807, 2.05) is 13.0 Å². The number of sulfonamides is 1. The zero-order valence-electron chi connectivity index (χ0n) is 23.1. The fourth-order valence-electron chi connectivity index (χ4n) is 4.43. The molecule has 38 heavy (non-hydrogen) atoms. The number of aromatic nitrogens is 3. The quantitative estimate of drug-likeness (QED) is 0.271. The standard InChI is InChI=1S/C27H40N4O6S/c1-6-10-23-22-19-24(28-27(32)26(22)30(3)29-23)21-18-20(11-12-25(21)37-15-7-2)38(33,34)31(13-8-16-35-4)14-9-17-36-5/h11-12,18-19H,6-10,13-17H2,1-5H3,(H,28,32). The molecule has 0 atom stereocenters. The van der Waals surface area contributed by atoms with Crippen molar-refractivity contribution < 1.29 is 22.6 Å². The number of aryl methyl sites for hydroxylation is 2. The molecule has 0 amide bonds. The molecule has 0 aliphatic heterocycles. The van der Waals surface area contributed by atoms with E-state index in [0.29, 0.717) is 68.3 Å². The number of aromatic amines is 1. The molecule has 10 nitrogen and oxygen atoms in total. The van der Waals surface area contributed by atoms with Gasteiger partial charge in [0.2, 0.25) is 10.0 Å². The largest absolute Gasteiger partial charge is 0.493 e. The maximum atomic E-state index is 13.8. The van der Waals surface area contributed by atoms with E-state index >= 15 is 0 Å². The predicted octanol–water partition coefficient (Wildman–Crippen LogP) is 3.73. The second-order valence-electron chi connectivity index (χ2n) is 9.20. The van der Waals surface area contributed by atoms with Gasteiger partial charge in [0.15, 0.2) is 0 Å². The van der Waals surface area contributed by atoms with E-state index in [1.165, 1.54) is 4.31 Å². The van der Waals surface area contributed by atoms with Crippen molar-refractivity contribution in [3.63, 3.8) is 0 Å². The molecule has 0 fully saturated rings. The van der Waals surface area contributed by atoms with Crippen LogP contribution in [0, 0.1) is 0 Å². The van der Waals surface area contributed by atoms with Crippen molar-refractivity contribution in [3.05, 3.63) is 40.3 Å². The highest BCUT2D eigenvalue weighted by atomic mass is 32.2. The molecule has 210 valence electrons. The second-order valence-corrected chi connectivity index (χ2v) is 11.1. The van der Waals surface area contributed by atoms with Crippen molar-refractivity contribution in [1.82, 2.24) is 19.1 Å². The topological polar surface area (TPSA) is 116 Å². The van der Waals surface area contributed by atoms with Crippen LogP contribution >= 0.6 is 0 Å². The summed E-state index contributed by atoms with van der Waals surface area (Å²) in [6.07, 6.45) is 3.53. The lowest BCUT2D eigenvalue weighted by Gasteiger charge is -2.23. The summed E-state index contributed by atoms with van der Waals surface area (Å²) in [6.45, 7) is 6.07. The molecule has 0 radical (unpaired) electrons. The van der Waals surface area contributed by atoms with Gasteiger partial charge in [0.25, 0.3) is 5.56 Å². The Morgan fingerprint density at radius 1 is 1.00 bits per heavy atom. The second kappa shape index (κ2) is 13.9. The van der Waals surface area contributed by atoms with Crippen LogP contribution in [0.3, 0.4) is 0 Å². The smallest absolute Gasteiger partial charge is 0.274 e. The van der Waals surface area contributed by atoms with Crippen molar-refractivity contribution in [2.24, 2.45) is 7.05 Å². The fourth-order valence-corrected chi connectivity index (χ4v) is 5.98. The third-order valence-electron chi connectivity index (χ3n) is 6.25. The van der Waals surface area contributed by atoms with Gasteiger partial charge in [0.05, 0.1) is 22.9 Å². The molecule has 0 spiro atoms. The third-order valence-corrected chi connectivity index (χ3v) is 8.15. The maximum absolute atomic E-state index is 13.8. The summed E-state index contributed by atoms with van der Waals surface area (Å²) < 4.78 is 46.8. The number of hydrogen-bond donors (Lipinski definition) is 1. The molecule has 2 aromatic heterocycles. The van der Waals surface area contributed by atoms with Crippen LogP contribution in [0.15, 0.2) is 34.0 Å². The molecule has 0 bridgehead atoms. The molecular weight excluding hydrogens is 508 g/mol. The Kier molecular flexibility index (Phi) is 10.9. The Balaban J connectivity index is 2.13. The zero-order chi connectivity index (χ0) is 27.7. The van der Waals surface area contributed by atoms with Crippen LogP contribution in [-0.4, -0.2) is 74.6 Å². The van der Waals surface area contributed by atoms with E-state index < -0.39 is 10.0 Å². The van der Waals surface area contributed by atoms with E-state index in [0.717, 1.165) is 30.3 Å². The third kappa shape index (κ3) is 6.82. The van der Waals surface area contributed by atoms with Crippen LogP contribution in [0.5, 0.6) is 5.75 Å². The first kappa shape index (κ1) is 29.8. The number of nitrogens with one attached hydrogen (secondary N) is 1. The summed E-state index contributed by atoms with van der Waals surface area (Å²) in [6, 6.07) is 6.69. The molecule has 11 heteroatoms. The number of H-pyrrole nitrogens is 1. The highest BCUT2D eigenvalue weighted by molar-refractivity contribution is 7.89. The van der Waals surface area contributed by atoms with Crippen molar-refractivity contribution in [3.8, 4) is 17.0 Å². The van der Waals surface area contributed by atoms with Gasteiger partial charge in [-0.3, -0.25) is 9.48 Å². The SMILES string of the molecule is CCCOc1ccc(S(=O)(=O)N(CCCOC)CCCOC)cc1-c1cc2c(CCC)nn(C)c2c(=O)[nH]1. The Hall–Kier alpha value is -2.73. The summed E-state index contributed by atoms with van der Waals surface area (Å²) in [5.41, 5.74) is 2.03. The van der Waals surface area contributed by atoms with Crippen LogP contribution in [0.25, 0.3) is 22.2 Å². The van der Waals surface area contributed by atoms with E-state index in [1.54, 1.807) is 44.1 Å². The molecule has 3 rings (SSSR count). The molecular formula is C27H40N4O6S. The number of nitrogens with zero attached hydrogens (tertiary/aromatic N) is 3. The maximum Gasteiger partial charge on any atom is 0.274 e. The van der Waals surface area contributed by atoms with Crippen LogP contribution in [0.1, 0.15) is 45.2 Å². The Labute approximate surface area is 224 Å². The van der Waals surface area contributed by atoms with Crippen molar-refractivity contribution in [2.75, 3.05) is 47.1 Å². The van der Waals surface area contributed by atoms with Gasteiger partial charge in [-0.15, -0.1) is 0 Å². The summed E-state index contributed by atoms with van der Waals surface area (Å²) in [4.78, 5) is 16.2. The Morgan fingerprint density at radius 3 is 2.29 bits per heavy atom. The normalized spacial score (nSPS) is 12.1. The molecule has 0 saturated carbocycles. The van der Waals surface area contributed by atoms with Crippen LogP contribution in [0.2, 0.25) is 0 Å². The minimum Gasteiger partial charge on any atom is -0.493 e. The van der Waals surface area contributed by atoms with Gasteiger partial charge in [-0.05, 0) is 49.9 Å². The number of rotatable bonds is 16. The highest BCUT2D eigenvalue weighted by Gasteiger charge is 2.26. The lowest BCUT2D eigenvalue weighted by molar-refractivity contribution is 0.175. The summed E-state index contributed by atoms with van der Waals surface area (Å²) in [7, 11) is 1.10. The first-order chi connectivity index (χ1) is 18.3. The Morgan fingerprint density at radius 2 is 1.68 bits per heavy atom. The highest BCUT2D eigenvalue weighted by Crippen LogP contribution is 2.34. The number of methoxy groups -OCH3 is 2. The molecule has 3 aromatic rings. The fraction of sp³-hybridized carbons (Fsp3) is 0.556. The number of ether oxygens (including phenoxy) is 3.